The number of fused-ring (bicyclic) bond motifs is 10. The lowest BCUT2D eigenvalue weighted by molar-refractivity contribution is 0.0695. The van der Waals surface area contributed by atoms with Crippen LogP contribution in [0.4, 0.5) is 0 Å². The molecule has 0 bridgehead atoms. The van der Waals surface area contributed by atoms with Crippen LogP contribution in [0.1, 0.15) is 106 Å². The smallest absolute Gasteiger partial charge is 0.335 e. The van der Waals surface area contributed by atoms with Crippen LogP contribution in [0.3, 0.4) is 0 Å². The minimum atomic E-state index is -0.954. The summed E-state index contributed by atoms with van der Waals surface area (Å²) in [6.07, 6.45) is 14.8. The number of H-pyrrole nitrogens is 2. The number of rotatable bonds is 7. The van der Waals surface area contributed by atoms with Gasteiger partial charge in [0.2, 0.25) is 5.88 Å². The molecule has 0 saturated heterocycles. The van der Waals surface area contributed by atoms with E-state index in [0.29, 0.717) is 18.0 Å². The highest BCUT2D eigenvalue weighted by Gasteiger charge is 2.50. The van der Waals surface area contributed by atoms with E-state index in [9.17, 15) is 24.3 Å². The maximum Gasteiger partial charge on any atom is 0.335 e. The number of hydrogen-bond acceptors (Lipinski definition) is 8. The highest BCUT2D eigenvalue weighted by molar-refractivity contribution is 6.03. The molecule has 67 heavy (non-hydrogen) atoms. The first-order chi connectivity index (χ1) is 32.5. The molecule has 2 spiro atoms. The number of nitrogens with one attached hydrogen (secondary N) is 5. The Morgan fingerprint density at radius 1 is 0.672 bits per heavy atom. The Hall–Kier alpha value is -7.87. The molecule has 0 atom stereocenters. The minimum absolute atomic E-state index is 0.0267. The van der Waals surface area contributed by atoms with E-state index in [1.165, 1.54) is 5.56 Å². The van der Waals surface area contributed by atoms with E-state index in [4.69, 9.17) is 9.72 Å². The number of benzene rings is 2. The van der Waals surface area contributed by atoms with Crippen molar-refractivity contribution in [2.75, 3.05) is 7.11 Å². The van der Waals surface area contributed by atoms with Gasteiger partial charge in [-0.15, -0.1) is 0 Å². The van der Waals surface area contributed by atoms with Crippen molar-refractivity contribution in [2.45, 2.75) is 81.8 Å². The molecule has 7 heterocycles. The third-order valence-electron chi connectivity index (χ3n) is 14.4. The van der Waals surface area contributed by atoms with Crippen molar-refractivity contribution in [3.8, 4) is 50.9 Å². The second-order valence-corrected chi connectivity index (χ2v) is 18.8. The molecule has 334 valence electrons. The molecule has 3 amide bonds. The molecule has 7 aromatic rings. The molecule has 6 N–H and O–H groups in total. The number of methoxy groups -OCH3 is 1. The zero-order valence-corrected chi connectivity index (χ0v) is 36.8. The summed E-state index contributed by atoms with van der Waals surface area (Å²) in [5.41, 5.74) is 17.3. The monoisotopic (exact) mass is 890 g/mol. The van der Waals surface area contributed by atoms with Crippen molar-refractivity contribution in [3.63, 3.8) is 0 Å². The van der Waals surface area contributed by atoms with Gasteiger partial charge in [-0.3, -0.25) is 24.4 Å². The Balaban J connectivity index is 0.000000145. The fourth-order valence-corrected chi connectivity index (χ4v) is 10.5. The molecule has 14 nitrogen and oxygen atoms in total. The van der Waals surface area contributed by atoms with Crippen LogP contribution in [-0.4, -0.2) is 71.9 Å². The number of aromatic amines is 2. The normalized spacial score (nSPS) is 16.9. The number of pyridine rings is 3. The molecule has 13 rings (SSSR count). The number of amides is 3. The van der Waals surface area contributed by atoms with E-state index in [-0.39, 0.29) is 34.4 Å². The maximum atomic E-state index is 13.0. The average Bonchev–Trinajstić information content (AvgIpc) is 4.19. The van der Waals surface area contributed by atoms with Crippen LogP contribution in [-0.2, 0) is 45.1 Å². The van der Waals surface area contributed by atoms with Gasteiger partial charge >= 0.3 is 5.97 Å². The van der Waals surface area contributed by atoms with E-state index in [1.807, 2.05) is 48.8 Å². The number of ether oxygens (including phenoxy) is 1. The predicted octanol–water partition coefficient (Wildman–Crippen LogP) is 7.35. The largest absolute Gasteiger partial charge is 0.481 e. The fourth-order valence-electron chi connectivity index (χ4n) is 10.5. The van der Waals surface area contributed by atoms with Gasteiger partial charge in [-0.05, 0) is 116 Å². The van der Waals surface area contributed by atoms with Crippen molar-refractivity contribution < 1.29 is 29.0 Å². The lowest BCUT2D eigenvalue weighted by Crippen LogP contribution is -2.43. The Morgan fingerprint density at radius 3 is 1.70 bits per heavy atom. The van der Waals surface area contributed by atoms with Crippen molar-refractivity contribution in [1.82, 2.24) is 40.9 Å². The van der Waals surface area contributed by atoms with Gasteiger partial charge in [-0.25, -0.2) is 9.78 Å². The first kappa shape index (κ1) is 40.6. The molecule has 14 heteroatoms. The van der Waals surface area contributed by atoms with Crippen LogP contribution < -0.4 is 20.7 Å². The van der Waals surface area contributed by atoms with Crippen molar-refractivity contribution in [3.05, 3.63) is 153 Å². The Morgan fingerprint density at radius 2 is 1.21 bits per heavy atom. The van der Waals surface area contributed by atoms with E-state index >= 15 is 0 Å². The number of aromatic nitrogens is 5. The van der Waals surface area contributed by atoms with Crippen LogP contribution >= 0.6 is 0 Å². The molecule has 5 aromatic heterocycles. The quantitative estimate of drug-likeness (QED) is 0.0946. The zero-order chi connectivity index (χ0) is 45.6. The summed E-state index contributed by atoms with van der Waals surface area (Å²) in [6.45, 7) is 0.367. The number of nitrogens with zero attached hydrogens (tertiary/aromatic N) is 3. The van der Waals surface area contributed by atoms with Crippen LogP contribution in [0.15, 0.2) is 91.4 Å². The summed E-state index contributed by atoms with van der Waals surface area (Å²) in [4.78, 5) is 70.6. The molecule has 6 aliphatic rings. The molecule has 2 aliphatic heterocycles. The number of aryl methyl sites for hydroxylation is 2. The summed E-state index contributed by atoms with van der Waals surface area (Å²) in [5, 5.41) is 18.7. The standard InChI is InChI=1S/C30H27N5O3.C23H19N3O3/c1-38-25-8-5-17(14-32-25)15-33-28(36)19-4-2-3-18(11-19)23-12-22-20(16-31-23)6-7-21-26-24(34-27(21)22)13-30(9-10-30)35-29(26)37;27-21-19-15-5-4-14-11-24-17(12-2-1-3-13(8-12)22(28)29)9-16(14)20(15)25-18(19)10-23(26-21)6-7-23/h2-5,8,11-12,14,16,34H,6-7,9-10,13,15H2,1H3,(H,33,36)(H,35,37);1-3,8-9,11,25H,4-7,10H2,(H,26,27)(H,28,29). The fraction of sp³-hybridized carbons (Fsp3) is 0.264. The second kappa shape index (κ2) is 15.4. The van der Waals surface area contributed by atoms with Crippen LogP contribution in [0.2, 0.25) is 0 Å². The highest BCUT2D eigenvalue weighted by Crippen LogP contribution is 2.47. The number of carbonyl (C=O) groups excluding carboxylic acids is 3. The Bertz CT molecular complexity index is 3250. The van der Waals surface area contributed by atoms with Gasteiger partial charge in [0.1, 0.15) is 0 Å². The molecule has 2 aromatic carbocycles. The summed E-state index contributed by atoms with van der Waals surface area (Å²) in [5.74, 6) is -0.479. The number of hydrogen-bond donors (Lipinski definition) is 6. The van der Waals surface area contributed by atoms with E-state index < -0.39 is 5.97 Å². The third kappa shape index (κ3) is 7.23. The summed E-state index contributed by atoms with van der Waals surface area (Å²) in [6, 6.07) is 22.1. The Kier molecular flexibility index (Phi) is 9.32. The van der Waals surface area contributed by atoms with Crippen molar-refractivity contribution >= 4 is 23.7 Å². The molecule has 0 radical (unpaired) electrons. The van der Waals surface area contributed by atoms with Gasteiger partial charge in [0.25, 0.3) is 17.7 Å². The van der Waals surface area contributed by atoms with Crippen molar-refractivity contribution in [1.29, 1.82) is 0 Å². The summed E-state index contributed by atoms with van der Waals surface area (Å²) >= 11 is 0. The van der Waals surface area contributed by atoms with Gasteiger partial charge in [-0.2, -0.15) is 0 Å². The van der Waals surface area contributed by atoms with Crippen molar-refractivity contribution in [2.24, 2.45) is 0 Å². The van der Waals surface area contributed by atoms with E-state index in [2.05, 4.69) is 42.0 Å². The SMILES string of the molecule is COc1ccc(CNC(=O)c2cccc(-c3cc4c(cn3)CCc3c-4[nH]c4c3C(=O)NC3(CC3)C4)c2)cn1.O=C(O)c1cccc(-c2cc3c(cn2)CCc2c-3[nH]c3c2C(=O)NC2(CC2)C3)c1. The van der Waals surface area contributed by atoms with Gasteiger partial charge in [0.05, 0.1) is 46.6 Å². The van der Waals surface area contributed by atoms with Gasteiger partial charge in [0.15, 0.2) is 0 Å². The number of carboxylic acid groups (broad SMARTS) is 1. The third-order valence-corrected chi connectivity index (χ3v) is 14.4. The molecular weight excluding hydrogens is 845 g/mol. The summed E-state index contributed by atoms with van der Waals surface area (Å²) in [7, 11) is 1.57. The molecule has 0 unspecified atom stereocenters. The first-order valence-corrected chi connectivity index (χ1v) is 22.9. The Labute approximate surface area is 385 Å². The van der Waals surface area contributed by atoms with Gasteiger partial charge in [0, 0.05) is 94.3 Å². The van der Waals surface area contributed by atoms with E-state index in [1.54, 1.807) is 43.6 Å². The van der Waals surface area contributed by atoms with Crippen LogP contribution in [0.5, 0.6) is 5.88 Å². The minimum Gasteiger partial charge on any atom is -0.481 e. The average molecular weight is 891 g/mol. The molecular formula is C53H46N8O6. The number of carbonyl (C=O) groups is 4. The first-order valence-electron chi connectivity index (χ1n) is 22.9. The van der Waals surface area contributed by atoms with Crippen LogP contribution in [0.25, 0.3) is 45.0 Å². The second-order valence-electron chi connectivity index (χ2n) is 18.8. The maximum absolute atomic E-state index is 13.0. The van der Waals surface area contributed by atoms with Gasteiger partial charge < -0.3 is 35.8 Å². The zero-order valence-electron chi connectivity index (χ0n) is 36.8. The topological polar surface area (TPSA) is 204 Å². The lowest BCUT2D eigenvalue weighted by Gasteiger charge is -2.24. The van der Waals surface area contributed by atoms with Gasteiger partial charge in [-0.1, -0.05) is 30.3 Å². The lowest BCUT2D eigenvalue weighted by atomic mass is 9.87. The molecule has 2 fully saturated rings. The number of aromatic carboxylic acids is 1. The summed E-state index contributed by atoms with van der Waals surface area (Å²) < 4.78 is 5.09. The number of carboxylic acids is 1. The highest BCUT2D eigenvalue weighted by atomic mass is 16.5. The molecule has 2 saturated carbocycles. The van der Waals surface area contributed by atoms with Crippen LogP contribution in [0, 0.1) is 0 Å². The van der Waals surface area contributed by atoms with E-state index in [0.717, 1.165) is 154 Å². The predicted molar refractivity (Wildman–Crippen MR) is 249 cm³/mol. The molecule has 4 aliphatic carbocycles.